The summed E-state index contributed by atoms with van der Waals surface area (Å²) in [5, 5.41) is 0. The Morgan fingerprint density at radius 2 is 1.10 bits per heavy atom. The first-order valence-electron chi connectivity index (χ1n) is 3.54. The highest BCUT2D eigenvalue weighted by Gasteiger charge is 2.07. The van der Waals surface area contributed by atoms with Crippen molar-refractivity contribution in [2.75, 3.05) is 19.8 Å². The van der Waals surface area contributed by atoms with Crippen LogP contribution in [0, 0.1) is 0 Å². The highest BCUT2D eigenvalue weighted by Crippen LogP contribution is 2.38. The fraction of sp³-hybridized carbons (Fsp3) is 1.00. The van der Waals surface area contributed by atoms with Gasteiger partial charge in [-0.25, -0.2) is 0 Å². The molecule has 0 amide bonds. The molecule has 0 aromatic heterocycles. The molecule has 4 heteroatoms. The Bertz CT molecular complexity index is 55.7. The fourth-order valence-corrected chi connectivity index (χ4v) is 1.28. The number of hydrogen-bond donors (Lipinski definition) is 0. The molecule has 3 nitrogen and oxygen atoms in total. The van der Waals surface area contributed by atoms with Crippen molar-refractivity contribution in [3.05, 3.63) is 0 Å². The molecule has 0 aromatic rings. The van der Waals surface area contributed by atoms with Gasteiger partial charge in [0.2, 0.25) is 0 Å². The quantitative estimate of drug-likeness (QED) is 0.571. The Morgan fingerprint density at radius 1 is 0.800 bits per heavy atom. The van der Waals surface area contributed by atoms with Gasteiger partial charge in [-0.3, -0.25) is 0 Å². The van der Waals surface area contributed by atoms with Gasteiger partial charge >= 0.3 is 8.60 Å². The fourth-order valence-electron chi connectivity index (χ4n) is 0.428. The van der Waals surface area contributed by atoms with Gasteiger partial charge in [0, 0.05) is 0 Å². The first-order valence-corrected chi connectivity index (χ1v) is 4.63. The molecule has 0 atom stereocenters. The van der Waals surface area contributed by atoms with Crippen molar-refractivity contribution in [2.24, 2.45) is 0 Å². The predicted octanol–water partition coefficient (Wildman–Crippen LogP) is 2.32. The van der Waals surface area contributed by atoms with Crippen molar-refractivity contribution in [2.45, 2.75) is 20.8 Å². The van der Waals surface area contributed by atoms with Gasteiger partial charge in [0.1, 0.15) is 0 Å². The van der Waals surface area contributed by atoms with E-state index in [0.29, 0.717) is 19.8 Å². The molecule has 0 aliphatic rings. The molecule has 0 N–H and O–H groups in total. The largest absolute Gasteiger partial charge is 0.332 e. The van der Waals surface area contributed by atoms with Crippen LogP contribution in [0.3, 0.4) is 0 Å². The summed E-state index contributed by atoms with van der Waals surface area (Å²) in [4.78, 5) is 0. The summed E-state index contributed by atoms with van der Waals surface area (Å²) in [7, 11) is -1.06. The third-order valence-corrected chi connectivity index (χ3v) is 2.11. The smallest absolute Gasteiger partial charge is 0.313 e. The lowest BCUT2D eigenvalue weighted by Gasteiger charge is -2.12. The molecule has 0 saturated carbocycles. The Balaban J connectivity index is 3.30. The second-order valence-corrected chi connectivity index (χ2v) is 2.70. The average molecular weight is 169 g/mol. The average Bonchev–Trinajstić information content (AvgIpc) is 1.90. The molecule has 0 heterocycles. The van der Waals surface area contributed by atoms with Gasteiger partial charge in [-0.05, 0) is 20.8 Å². The summed E-state index contributed by atoms with van der Waals surface area (Å²) in [6.07, 6.45) is 0. The second kappa shape index (κ2) is 7.42. The molecule has 0 unspecified atom stereocenters. The topological polar surface area (TPSA) is 27.7 Å². The first kappa shape index (κ1) is 10.3. The van der Waals surface area contributed by atoms with Crippen LogP contribution in [0.5, 0.6) is 0 Å². The maximum absolute atomic E-state index is 5.14. The zero-order valence-electron chi connectivity index (χ0n) is 6.79. The zero-order valence-corrected chi connectivity index (χ0v) is 7.69. The van der Waals surface area contributed by atoms with E-state index in [0.717, 1.165) is 0 Å². The van der Waals surface area contributed by atoms with Crippen LogP contribution in [0.2, 0.25) is 0 Å². The second-order valence-electron chi connectivity index (χ2n) is 1.48. The summed E-state index contributed by atoms with van der Waals surface area (Å²) < 4.78 is 15.4. The monoisotopic (exact) mass is 169 g/mol. The normalized spacial score (nSPS) is 10.8. The Labute approximate surface area is 63.7 Å². The molecule has 0 aliphatic carbocycles. The van der Waals surface area contributed by atoms with Crippen LogP contribution in [0.1, 0.15) is 20.8 Å². The molecule has 0 spiro atoms. The lowest BCUT2D eigenvalue weighted by molar-refractivity contribution is 0.176. The molecule has 0 aliphatic heterocycles. The highest BCUT2D eigenvalue weighted by atomic mass is 31.2. The summed E-state index contributed by atoms with van der Waals surface area (Å²) >= 11 is 0. The minimum atomic E-state index is -1.06. The summed E-state index contributed by atoms with van der Waals surface area (Å²) in [6, 6.07) is 0. The van der Waals surface area contributed by atoms with Crippen LogP contribution >= 0.6 is 8.60 Å². The van der Waals surface area contributed by atoms with Gasteiger partial charge in [0.25, 0.3) is 0 Å². The van der Waals surface area contributed by atoms with Crippen LogP contribution in [0.4, 0.5) is 0 Å². The molecule has 10 heavy (non-hydrogen) atoms. The minimum Gasteiger partial charge on any atom is -0.313 e. The van der Waals surface area contributed by atoms with Crippen LogP contribution in [0.15, 0.2) is 0 Å². The van der Waals surface area contributed by atoms with E-state index in [1.54, 1.807) is 0 Å². The van der Waals surface area contributed by atoms with Crippen LogP contribution in [0.25, 0.3) is 0 Å². The summed E-state index contributed by atoms with van der Waals surface area (Å²) in [5.41, 5.74) is 0. The third-order valence-electron chi connectivity index (χ3n) is 0.704. The maximum Gasteiger partial charge on any atom is 0.332 e. The lowest BCUT2D eigenvalue weighted by Crippen LogP contribution is -1.94. The molecule has 0 rings (SSSR count). The molecule has 0 saturated heterocycles. The lowest BCUT2D eigenvalue weighted by atomic mass is 10.9. The van der Waals surface area contributed by atoms with Crippen molar-refractivity contribution in [1.29, 1.82) is 0 Å². The van der Waals surface area contributed by atoms with Gasteiger partial charge in [-0.2, -0.15) is 0 Å². The predicted molar refractivity (Wildman–Crippen MR) is 41.8 cm³/mol. The van der Waals surface area contributed by atoms with Crippen LogP contribution < -0.4 is 0 Å². The highest BCUT2D eigenvalue weighted by molar-refractivity contribution is 7.41. The van der Waals surface area contributed by atoms with E-state index in [2.05, 4.69) is 0 Å². The minimum absolute atomic E-state index is 0.645. The van der Waals surface area contributed by atoms with Gasteiger partial charge < -0.3 is 13.6 Å². The van der Waals surface area contributed by atoms with E-state index in [9.17, 15) is 0 Å². The van der Waals surface area contributed by atoms with E-state index in [-0.39, 0.29) is 0 Å². The van der Waals surface area contributed by atoms with E-state index >= 15 is 0 Å². The molecule has 0 aromatic carbocycles. The van der Waals surface area contributed by atoms with E-state index in [1.807, 2.05) is 20.8 Å². The Hall–Kier alpha value is 0.310. The SMILES string of the molecule is CC[17O]P([17O]CC)[17O]CC. The molecular formula is C6H15O3P. The van der Waals surface area contributed by atoms with Gasteiger partial charge in [0.15, 0.2) is 0 Å². The van der Waals surface area contributed by atoms with Crippen LogP contribution in [-0.4, -0.2) is 19.8 Å². The first-order chi connectivity index (χ1) is 4.85. The van der Waals surface area contributed by atoms with E-state index in [1.165, 1.54) is 0 Å². The standard InChI is InChI=1S/C6H15O3P/c1-4-7-10(8-5-2)9-6-3/h4-6H2,1-3H3/i7+1,8+1,9+1. The maximum atomic E-state index is 5.14. The Morgan fingerprint density at radius 3 is 1.30 bits per heavy atom. The van der Waals surface area contributed by atoms with Crippen molar-refractivity contribution >= 4 is 8.60 Å². The van der Waals surface area contributed by atoms with Gasteiger partial charge in [-0.1, -0.05) is 0 Å². The van der Waals surface area contributed by atoms with Crippen LogP contribution in [-0.2, 0) is 13.6 Å². The Kier molecular flexibility index (Phi) is 7.65. The number of rotatable bonds is 6. The van der Waals surface area contributed by atoms with E-state index in [4.69, 9.17) is 13.6 Å². The van der Waals surface area contributed by atoms with Crippen molar-refractivity contribution < 1.29 is 13.6 Å². The molecule has 0 fully saturated rings. The van der Waals surface area contributed by atoms with Crippen molar-refractivity contribution in [1.82, 2.24) is 0 Å². The van der Waals surface area contributed by atoms with Crippen molar-refractivity contribution in [3.63, 3.8) is 0 Å². The molecule has 62 valence electrons. The molecule has 0 radical (unpaired) electrons. The van der Waals surface area contributed by atoms with Crippen molar-refractivity contribution in [3.8, 4) is 0 Å². The summed E-state index contributed by atoms with van der Waals surface area (Å²) in [6.45, 7) is 7.71. The van der Waals surface area contributed by atoms with E-state index < -0.39 is 8.60 Å². The zero-order chi connectivity index (χ0) is 7.82. The van der Waals surface area contributed by atoms with Gasteiger partial charge in [0.05, 0.1) is 19.8 Å². The summed E-state index contributed by atoms with van der Waals surface area (Å²) in [5.74, 6) is 0. The molecular weight excluding hydrogens is 154 g/mol. The third kappa shape index (κ3) is 5.12. The van der Waals surface area contributed by atoms with Gasteiger partial charge in [-0.15, -0.1) is 0 Å². The number of hydrogen-bond acceptors (Lipinski definition) is 3. The molecule has 0 bridgehead atoms.